The Kier molecular flexibility index (Phi) is 4.35. The summed E-state index contributed by atoms with van der Waals surface area (Å²) in [7, 11) is 1.42. The summed E-state index contributed by atoms with van der Waals surface area (Å²) in [6.07, 6.45) is -4.81. The van der Waals surface area contributed by atoms with E-state index in [4.69, 9.17) is 4.74 Å². The number of carbonyl (C=O) groups is 1. The quantitative estimate of drug-likeness (QED) is 0.618. The minimum absolute atomic E-state index is 0.0473. The number of hydrogen-bond acceptors (Lipinski definition) is 2. The second-order valence-electron chi connectivity index (χ2n) is 4.76. The molecule has 0 atom stereocenters. The molecule has 0 bridgehead atoms. The predicted octanol–water partition coefficient (Wildman–Crippen LogP) is 3.84. The summed E-state index contributed by atoms with van der Waals surface area (Å²) in [6, 6.07) is 2.15. The first-order chi connectivity index (χ1) is 8.57. The molecule has 0 spiro atoms. The molecule has 1 rings (SSSR count). The first-order valence-electron chi connectivity index (χ1n) is 5.52. The number of ether oxygens (including phenoxy) is 1. The molecule has 0 N–H and O–H groups in total. The Morgan fingerprint density at radius 3 is 2.26 bits per heavy atom. The SMILES string of the molecule is COC(C)(C)CC(=O)c1ccc(C(F)(F)F)c(F)c1. The molecule has 0 aliphatic heterocycles. The normalized spacial score (nSPS) is 12.6. The fourth-order valence-electron chi connectivity index (χ4n) is 1.48. The van der Waals surface area contributed by atoms with Crippen LogP contribution in [0.15, 0.2) is 18.2 Å². The van der Waals surface area contributed by atoms with Crippen LogP contribution < -0.4 is 0 Å². The highest BCUT2D eigenvalue weighted by Gasteiger charge is 2.34. The van der Waals surface area contributed by atoms with Crippen molar-refractivity contribution < 1.29 is 27.1 Å². The monoisotopic (exact) mass is 278 g/mol. The fraction of sp³-hybridized carbons (Fsp3) is 0.462. The van der Waals surface area contributed by atoms with E-state index in [9.17, 15) is 22.4 Å². The standard InChI is InChI=1S/C13H14F4O2/c1-12(2,19-3)7-11(18)8-4-5-9(10(14)6-8)13(15,16)17/h4-6H,7H2,1-3H3. The van der Waals surface area contributed by atoms with E-state index in [0.717, 1.165) is 6.07 Å². The van der Waals surface area contributed by atoms with E-state index in [1.807, 2.05) is 0 Å². The molecule has 0 aromatic heterocycles. The molecule has 0 saturated carbocycles. The number of carbonyl (C=O) groups excluding carboxylic acids is 1. The Hall–Kier alpha value is -1.43. The van der Waals surface area contributed by atoms with Gasteiger partial charge in [0.05, 0.1) is 11.2 Å². The van der Waals surface area contributed by atoms with Crippen molar-refractivity contribution in [3.63, 3.8) is 0 Å². The Bertz CT molecular complexity index is 478. The number of rotatable bonds is 4. The summed E-state index contributed by atoms with van der Waals surface area (Å²) in [5.41, 5.74) is -2.23. The Morgan fingerprint density at radius 2 is 1.84 bits per heavy atom. The van der Waals surface area contributed by atoms with Gasteiger partial charge in [0, 0.05) is 19.1 Å². The van der Waals surface area contributed by atoms with Crippen molar-refractivity contribution >= 4 is 5.78 Å². The lowest BCUT2D eigenvalue weighted by Gasteiger charge is -2.21. The Balaban J connectivity index is 2.99. The van der Waals surface area contributed by atoms with Gasteiger partial charge >= 0.3 is 6.18 Å². The lowest BCUT2D eigenvalue weighted by molar-refractivity contribution is -0.140. The smallest absolute Gasteiger partial charge is 0.378 e. The van der Waals surface area contributed by atoms with E-state index >= 15 is 0 Å². The van der Waals surface area contributed by atoms with Crippen molar-refractivity contribution in [2.24, 2.45) is 0 Å². The molecule has 1 aromatic carbocycles. The van der Waals surface area contributed by atoms with E-state index in [1.54, 1.807) is 13.8 Å². The minimum atomic E-state index is -4.77. The molecule has 0 amide bonds. The Labute approximate surface area is 108 Å². The zero-order valence-corrected chi connectivity index (χ0v) is 10.8. The fourth-order valence-corrected chi connectivity index (χ4v) is 1.48. The average Bonchev–Trinajstić information content (AvgIpc) is 2.26. The number of halogens is 4. The van der Waals surface area contributed by atoms with Crippen LogP contribution in [0, 0.1) is 5.82 Å². The summed E-state index contributed by atoms with van der Waals surface area (Å²) in [4.78, 5) is 11.8. The first-order valence-corrected chi connectivity index (χ1v) is 5.52. The van der Waals surface area contributed by atoms with Crippen molar-refractivity contribution in [1.82, 2.24) is 0 Å². The van der Waals surface area contributed by atoms with E-state index < -0.39 is 28.9 Å². The van der Waals surface area contributed by atoms with Crippen molar-refractivity contribution in [2.75, 3.05) is 7.11 Å². The molecule has 0 unspecified atom stereocenters. The van der Waals surface area contributed by atoms with Crippen LogP contribution in [0.5, 0.6) is 0 Å². The molecule has 0 fully saturated rings. The van der Waals surface area contributed by atoms with E-state index in [2.05, 4.69) is 0 Å². The zero-order chi connectivity index (χ0) is 14.8. The van der Waals surface area contributed by atoms with E-state index in [1.165, 1.54) is 7.11 Å². The molecular formula is C13H14F4O2. The van der Waals surface area contributed by atoms with Crippen LogP contribution in [0.2, 0.25) is 0 Å². The van der Waals surface area contributed by atoms with Crippen LogP contribution in [0.1, 0.15) is 36.2 Å². The summed E-state index contributed by atoms with van der Waals surface area (Å²) in [5, 5.41) is 0. The van der Waals surface area contributed by atoms with E-state index in [0.29, 0.717) is 12.1 Å². The number of methoxy groups -OCH3 is 1. The van der Waals surface area contributed by atoms with Crippen LogP contribution in [0.4, 0.5) is 17.6 Å². The Morgan fingerprint density at radius 1 is 1.26 bits per heavy atom. The molecule has 0 aliphatic carbocycles. The van der Waals surface area contributed by atoms with Gasteiger partial charge in [-0.05, 0) is 26.0 Å². The van der Waals surface area contributed by atoms with Crippen molar-refractivity contribution in [3.8, 4) is 0 Å². The lowest BCUT2D eigenvalue weighted by Crippen LogP contribution is -2.26. The zero-order valence-electron chi connectivity index (χ0n) is 10.8. The van der Waals surface area contributed by atoms with Crippen LogP contribution in [-0.2, 0) is 10.9 Å². The van der Waals surface area contributed by atoms with Gasteiger partial charge < -0.3 is 4.74 Å². The summed E-state index contributed by atoms with van der Waals surface area (Å²) >= 11 is 0. The number of benzene rings is 1. The number of ketones is 1. The van der Waals surface area contributed by atoms with Crippen LogP contribution in [0.25, 0.3) is 0 Å². The maximum atomic E-state index is 13.3. The molecule has 0 aliphatic rings. The third-order valence-electron chi connectivity index (χ3n) is 2.74. The van der Waals surface area contributed by atoms with Crippen LogP contribution in [-0.4, -0.2) is 18.5 Å². The number of Topliss-reactive ketones (excluding diaryl/α,β-unsaturated/α-hetero) is 1. The third kappa shape index (κ3) is 4.02. The van der Waals surface area contributed by atoms with Gasteiger partial charge in [-0.2, -0.15) is 13.2 Å². The third-order valence-corrected chi connectivity index (χ3v) is 2.74. The second-order valence-corrected chi connectivity index (χ2v) is 4.76. The maximum Gasteiger partial charge on any atom is 0.419 e. The molecule has 106 valence electrons. The van der Waals surface area contributed by atoms with Gasteiger partial charge in [0.1, 0.15) is 5.82 Å². The molecular weight excluding hydrogens is 264 g/mol. The molecule has 0 heterocycles. The highest BCUT2D eigenvalue weighted by Crippen LogP contribution is 2.32. The van der Waals surface area contributed by atoms with Gasteiger partial charge in [-0.1, -0.05) is 6.07 Å². The lowest BCUT2D eigenvalue weighted by atomic mass is 9.96. The largest absolute Gasteiger partial charge is 0.419 e. The molecule has 1 aromatic rings. The van der Waals surface area contributed by atoms with Crippen molar-refractivity contribution in [1.29, 1.82) is 0 Å². The molecule has 0 saturated heterocycles. The average molecular weight is 278 g/mol. The van der Waals surface area contributed by atoms with Crippen LogP contribution in [0.3, 0.4) is 0 Å². The summed E-state index contributed by atoms with van der Waals surface area (Å²) in [6.45, 7) is 3.32. The maximum absolute atomic E-state index is 13.3. The topological polar surface area (TPSA) is 26.3 Å². The van der Waals surface area contributed by atoms with Crippen molar-refractivity contribution in [2.45, 2.75) is 32.0 Å². The predicted molar refractivity (Wildman–Crippen MR) is 61.4 cm³/mol. The highest BCUT2D eigenvalue weighted by atomic mass is 19.4. The number of alkyl halides is 3. The molecule has 19 heavy (non-hydrogen) atoms. The first kappa shape index (κ1) is 15.6. The minimum Gasteiger partial charge on any atom is -0.378 e. The molecule has 2 nitrogen and oxygen atoms in total. The van der Waals surface area contributed by atoms with E-state index in [-0.39, 0.29) is 12.0 Å². The van der Waals surface area contributed by atoms with Gasteiger partial charge in [-0.3, -0.25) is 4.79 Å². The number of hydrogen-bond donors (Lipinski definition) is 0. The van der Waals surface area contributed by atoms with Crippen LogP contribution >= 0.6 is 0 Å². The highest BCUT2D eigenvalue weighted by molar-refractivity contribution is 5.96. The van der Waals surface area contributed by atoms with Gasteiger partial charge in [0.15, 0.2) is 5.78 Å². The van der Waals surface area contributed by atoms with Gasteiger partial charge in [0.2, 0.25) is 0 Å². The summed E-state index contributed by atoms with van der Waals surface area (Å²) in [5.74, 6) is -1.92. The summed E-state index contributed by atoms with van der Waals surface area (Å²) < 4.78 is 55.4. The van der Waals surface area contributed by atoms with Gasteiger partial charge in [0.25, 0.3) is 0 Å². The van der Waals surface area contributed by atoms with Crippen molar-refractivity contribution in [3.05, 3.63) is 35.1 Å². The van der Waals surface area contributed by atoms with Gasteiger partial charge in [-0.15, -0.1) is 0 Å². The molecule has 0 radical (unpaired) electrons. The second kappa shape index (κ2) is 5.28. The van der Waals surface area contributed by atoms with Gasteiger partial charge in [-0.25, -0.2) is 4.39 Å². The molecule has 6 heteroatoms.